The van der Waals surface area contributed by atoms with Crippen LogP contribution in [0.5, 0.6) is 0 Å². The number of carbonyl (C=O) groups excluding carboxylic acids is 1. The maximum Gasteiger partial charge on any atom is 0.407 e. The van der Waals surface area contributed by atoms with Gasteiger partial charge in [-0.1, -0.05) is 6.07 Å². The molecule has 1 amide bonds. The third kappa shape index (κ3) is 5.44. The van der Waals surface area contributed by atoms with E-state index in [1.807, 2.05) is 0 Å². The fourth-order valence-corrected chi connectivity index (χ4v) is 1.70. The Kier molecular flexibility index (Phi) is 5.76. The zero-order valence-corrected chi connectivity index (χ0v) is 12.3. The average Bonchev–Trinajstić information content (AvgIpc) is 2.32. The van der Waals surface area contributed by atoms with Crippen molar-refractivity contribution in [3.63, 3.8) is 0 Å². The lowest BCUT2D eigenvalue weighted by Gasteiger charge is -2.19. The van der Waals surface area contributed by atoms with Gasteiger partial charge in [0, 0.05) is 24.8 Å². The smallest absolute Gasteiger partial charge is 0.407 e. The lowest BCUT2D eigenvalue weighted by atomic mass is 10.2. The van der Waals surface area contributed by atoms with Crippen LogP contribution >= 0.6 is 0 Å². The molecule has 0 saturated carbocycles. The summed E-state index contributed by atoms with van der Waals surface area (Å²) in [5.41, 5.74) is 5.55. The molecule has 0 aliphatic carbocycles. The molecular weight excluding hydrogens is 258 g/mol. The highest BCUT2D eigenvalue weighted by Gasteiger charge is 2.15. The zero-order valence-electron chi connectivity index (χ0n) is 12.3. The Morgan fingerprint density at radius 2 is 2.15 bits per heavy atom. The van der Waals surface area contributed by atoms with Gasteiger partial charge in [0.05, 0.1) is 0 Å². The fourth-order valence-electron chi connectivity index (χ4n) is 1.70. The molecule has 1 aromatic rings. The number of hydrogen-bond acceptors (Lipinski definition) is 4. The number of carbonyl (C=O) groups is 1. The van der Waals surface area contributed by atoms with Gasteiger partial charge in [-0.25, -0.2) is 4.79 Å². The van der Waals surface area contributed by atoms with Gasteiger partial charge in [0.1, 0.15) is 5.60 Å². The molecule has 20 heavy (non-hydrogen) atoms. The first-order chi connectivity index (χ1) is 9.33. The van der Waals surface area contributed by atoms with Gasteiger partial charge >= 0.3 is 6.09 Å². The van der Waals surface area contributed by atoms with E-state index in [4.69, 9.17) is 10.5 Å². The second-order valence-corrected chi connectivity index (χ2v) is 5.50. The largest absolute Gasteiger partial charge is 0.444 e. The maximum absolute atomic E-state index is 12.0. The van der Waals surface area contributed by atoms with Crippen molar-refractivity contribution >= 4 is 6.09 Å². The molecule has 0 aliphatic heterocycles. The molecule has 0 atom stereocenters. The number of rotatable bonds is 5. The number of nitrogens with one attached hydrogen (secondary N) is 1. The zero-order chi connectivity index (χ0) is 15.2. The van der Waals surface area contributed by atoms with E-state index < -0.39 is 11.7 Å². The van der Waals surface area contributed by atoms with Crippen molar-refractivity contribution < 1.29 is 9.53 Å². The van der Waals surface area contributed by atoms with Crippen LogP contribution in [0.15, 0.2) is 23.1 Å². The SMILES string of the molecule is CC(C)(C)OC(=O)NCCn1cccc(CCN)c1=O. The van der Waals surface area contributed by atoms with Crippen LogP contribution < -0.4 is 16.6 Å². The maximum atomic E-state index is 12.0. The number of hydrogen-bond donors (Lipinski definition) is 2. The Labute approximate surface area is 118 Å². The predicted molar refractivity (Wildman–Crippen MR) is 77.7 cm³/mol. The summed E-state index contributed by atoms with van der Waals surface area (Å²) in [6.07, 6.45) is 1.77. The number of ether oxygens (including phenoxy) is 1. The lowest BCUT2D eigenvalue weighted by Crippen LogP contribution is -2.35. The van der Waals surface area contributed by atoms with Gasteiger partial charge in [-0.15, -0.1) is 0 Å². The van der Waals surface area contributed by atoms with Crippen LogP contribution in [-0.2, 0) is 17.7 Å². The molecule has 1 heterocycles. The van der Waals surface area contributed by atoms with Crippen molar-refractivity contribution in [2.45, 2.75) is 39.3 Å². The molecule has 6 nitrogen and oxygen atoms in total. The Bertz CT molecular complexity index is 503. The van der Waals surface area contributed by atoms with Crippen molar-refractivity contribution in [2.24, 2.45) is 5.73 Å². The monoisotopic (exact) mass is 281 g/mol. The van der Waals surface area contributed by atoms with Gasteiger partial charge in [-0.2, -0.15) is 0 Å². The summed E-state index contributed by atoms with van der Waals surface area (Å²) in [5.74, 6) is 0. The van der Waals surface area contributed by atoms with Gasteiger partial charge in [-0.3, -0.25) is 4.79 Å². The second-order valence-electron chi connectivity index (χ2n) is 5.50. The van der Waals surface area contributed by atoms with E-state index in [9.17, 15) is 9.59 Å². The molecule has 0 fully saturated rings. The average molecular weight is 281 g/mol. The molecule has 0 saturated heterocycles. The van der Waals surface area contributed by atoms with Crippen molar-refractivity contribution in [1.29, 1.82) is 0 Å². The van der Waals surface area contributed by atoms with Gasteiger partial charge in [-0.05, 0) is 39.8 Å². The van der Waals surface area contributed by atoms with Gasteiger partial charge < -0.3 is 20.4 Å². The summed E-state index contributed by atoms with van der Waals surface area (Å²) in [4.78, 5) is 23.5. The summed E-state index contributed by atoms with van der Waals surface area (Å²) in [6, 6.07) is 3.58. The molecule has 1 rings (SSSR count). The third-order valence-corrected chi connectivity index (χ3v) is 2.53. The van der Waals surface area contributed by atoms with Crippen molar-refractivity contribution in [3.05, 3.63) is 34.2 Å². The van der Waals surface area contributed by atoms with E-state index in [0.717, 1.165) is 0 Å². The summed E-state index contributed by atoms with van der Waals surface area (Å²) >= 11 is 0. The van der Waals surface area contributed by atoms with Crippen LogP contribution in [0.4, 0.5) is 4.79 Å². The first-order valence-electron chi connectivity index (χ1n) is 6.69. The minimum Gasteiger partial charge on any atom is -0.444 e. The molecule has 0 radical (unpaired) electrons. The van der Waals surface area contributed by atoms with E-state index in [-0.39, 0.29) is 5.56 Å². The van der Waals surface area contributed by atoms with Crippen molar-refractivity contribution in [3.8, 4) is 0 Å². The normalized spacial score (nSPS) is 11.2. The van der Waals surface area contributed by atoms with Gasteiger partial charge in [0.15, 0.2) is 0 Å². The van der Waals surface area contributed by atoms with E-state index in [0.29, 0.717) is 31.6 Å². The number of amides is 1. The third-order valence-electron chi connectivity index (χ3n) is 2.53. The van der Waals surface area contributed by atoms with E-state index in [1.54, 1.807) is 43.7 Å². The molecule has 0 bridgehead atoms. The van der Waals surface area contributed by atoms with E-state index >= 15 is 0 Å². The van der Waals surface area contributed by atoms with Gasteiger partial charge in [0.25, 0.3) is 5.56 Å². The minimum absolute atomic E-state index is 0.0658. The number of nitrogens with zero attached hydrogens (tertiary/aromatic N) is 1. The summed E-state index contributed by atoms with van der Waals surface area (Å²) in [7, 11) is 0. The molecule has 6 heteroatoms. The Hall–Kier alpha value is -1.82. The predicted octanol–water partition coefficient (Wildman–Crippen LogP) is 0.874. The fraction of sp³-hybridized carbons (Fsp3) is 0.571. The quantitative estimate of drug-likeness (QED) is 0.838. The topological polar surface area (TPSA) is 86.3 Å². The Morgan fingerprint density at radius 3 is 2.75 bits per heavy atom. The molecule has 0 spiro atoms. The summed E-state index contributed by atoms with van der Waals surface area (Å²) < 4.78 is 6.67. The molecule has 112 valence electrons. The Balaban J connectivity index is 2.52. The molecule has 0 unspecified atom stereocenters. The summed E-state index contributed by atoms with van der Waals surface area (Å²) in [5, 5.41) is 2.62. The van der Waals surface area contributed by atoms with E-state index in [2.05, 4.69) is 5.32 Å². The van der Waals surface area contributed by atoms with Crippen molar-refractivity contribution in [2.75, 3.05) is 13.1 Å². The Morgan fingerprint density at radius 1 is 1.45 bits per heavy atom. The van der Waals surface area contributed by atoms with Crippen LogP contribution in [0.2, 0.25) is 0 Å². The first kappa shape index (κ1) is 16.2. The highest BCUT2D eigenvalue weighted by Crippen LogP contribution is 2.06. The van der Waals surface area contributed by atoms with Gasteiger partial charge in [0.2, 0.25) is 0 Å². The molecule has 0 aromatic carbocycles. The molecule has 3 N–H and O–H groups in total. The van der Waals surface area contributed by atoms with Crippen LogP contribution in [0.3, 0.4) is 0 Å². The first-order valence-corrected chi connectivity index (χ1v) is 6.69. The van der Waals surface area contributed by atoms with Crippen molar-refractivity contribution in [1.82, 2.24) is 9.88 Å². The highest BCUT2D eigenvalue weighted by molar-refractivity contribution is 5.67. The second kappa shape index (κ2) is 7.09. The number of aromatic nitrogens is 1. The van der Waals surface area contributed by atoms with Crippen LogP contribution in [0.1, 0.15) is 26.3 Å². The number of alkyl carbamates (subject to hydrolysis) is 1. The molecule has 1 aromatic heterocycles. The number of nitrogens with two attached hydrogens (primary N) is 1. The van der Waals surface area contributed by atoms with E-state index in [1.165, 1.54) is 0 Å². The van der Waals surface area contributed by atoms with Crippen LogP contribution in [0.25, 0.3) is 0 Å². The van der Waals surface area contributed by atoms with Crippen LogP contribution in [-0.4, -0.2) is 29.4 Å². The van der Waals surface area contributed by atoms with Crippen LogP contribution in [0, 0.1) is 0 Å². The standard InChI is InChI=1S/C14H23N3O3/c1-14(2,3)20-13(19)16-8-10-17-9-4-5-11(6-7-15)12(17)18/h4-5,9H,6-8,10,15H2,1-3H3,(H,16,19). The highest BCUT2D eigenvalue weighted by atomic mass is 16.6. The summed E-state index contributed by atoms with van der Waals surface area (Å²) in [6.45, 7) is 6.57. The molecular formula is C14H23N3O3. The minimum atomic E-state index is -0.526. The molecule has 0 aliphatic rings. The number of pyridine rings is 1. The lowest BCUT2D eigenvalue weighted by molar-refractivity contribution is 0.0526.